The van der Waals surface area contributed by atoms with E-state index in [0.29, 0.717) is 41.8 Å². The maximum Gasteiger partial charge on any atom is 0.323 e. The van der Waals surface area contributed by atoms with Gasteiger partial charge < -0.3 is 44.5 Å². The summed E-state index contributed by atoms with van der Waals surface area (Å²) in [5.41, 5.74) is 1.20. The van der Waals surface area contributed by atoms with Crippen LogP contribution in [0.15, 0.2) is 36.4 Å². The molecule has 3 N–H and O–H groups in total. The first-order valence-electron chi connectivity index (χ1n) is 17.7. The molecule has 2 aromatic rings. The number of amides is 4. The highest BCUT2D eigenvalue weighted by atomic mass is 16.7. The monoisotopic (exact) mass is 680 g/mol. The number of likely N-dealkylation sites (N-methyl/N-ethyl adjacent to an activating group) is 1. The molecule has 0 saturated heterocycles. The third-order valence-electron chi connectivity index (χ3n) is 9.72. The van der Waals surface area contributed by atoms with Gasteiger partial charge in [-0.25, -0.2) is 4.79 Å². The van der Waals surface area contributed by atoms with Gasteiger partial charge in [0.1, 0.15) is 5.75 Å². The smallest absolute Gasteiger partial charge is 0.323 e. The topological polar surface area (TPSA) is 139 Å². The number of nitrogens with zero attached hydrogens (tertiary/aromatic N) is 2. The van der Waals surface area contributed by atoms with Crippen molar-refractivity contribution in [2.75, 3.05) is 50.8 Å². The van der Waals surface area contributed by atoms with Gasteiger partial charge in [-0.05, 0) is 76.3 Å². The largest absolute Gasteiger partial charge is 0.490 e. The van der Waals surface area contributed by atoms with Crippen molar-refractivity contribution in [3.63, 3.8) is 0 Å². The molecular formula is C37H52N4O8. The third kappa shape index (κ3) is 9.57. The van der Waals surface area contributed by atoms with Gasteiger partial charge >= 0.3 is 6.03 Å². The Labute approximate surface area is 289 Å². The van der Waals surface area contributed by atoms with Crippen molar-refractivity contribution in [1.82, 2.24) is 9.80 Å². The number of rotatable bonds is 7. The number of aliphatic hydroxyl groups is 1. The number of hydrogen-bond donors (Lipinski definition) is 3. The number of nitrogens with one attached hydrogen (secondary N) is 2. The lowest BCUT2D eigenvalue weighted by molar-refractivity contribution is -0.137. The van der Waals surface area contributed by atoms with Crippen LogP contribution in [-0.4, -0.2) is 91.1 Å². The fourth-order valence-electron chi connectivity index (χ4n) is 6.75. The van der Waals surface area contributed by atoms with Crippen molar-refractivity contribution in [3.05, 3.63) is 42.0 Å². The lowest BCUT2D eigenvalue weighted by atomic mass is 9.88. The summed E-state index contributed by atoms with van der Waals surface area (Å²) in [6.45, 7) is 6.93. The number of hydrogen-bond acceptors (Lipinski definition) is 8. The molecule has 0 aromatic heterocycles. The summed E-state index contributed by atoms with van der Waals surface area (Å²) in [6, 6.07) is 9.12. The van der Waals surface area contributed by atoms with Crippen molar-refractivity contribution in [3.8, 4) is 17.2 Å². The standard InChI is InChI=1S/C37H52N4O8/c1-24-20-41(25(2)22-42)36(44)30-18-28(38-37(45)39-29-14-16-32-33(19-29)48-23-47-32)13-15-31(30)49-26(3)10-8-9-17-46-34(24)21-40(4)35(43)27-11-6-5-7-12-27/h13-16,18-19,24-27,34,42H,5-12,17,20-23H2,1-4H3,(H2,38,39,45)/t24-,25-,26+,34+/m1/s1. The number of aliphatic hydroxyl groups excluding tert-OH is 1. The normalized spacial score (nSPS) is 22.7. The van der Waals surface area contributed by atoms with Crippen LogP contribution < -0.4 is 24.8 Å². The zero-order valence-corrected chi connectivity index (χ0v) is 29.2. The van der Waals surface area contributed by atoms with Crippen molar-refractivity contribution in [2.45, 2.75) is 90.4 Å². The Morgan fingerprint density at radius 1 is 0.939 bits per heavy atom. The quantitative estimate of drug-likeness (QED) is 0.329. The minimum Gasteiger partial charge on any atom is -0.490 e. The molecule has 2 aromatic carbocycles. The van der Waals surface area contributed by atoms with Gasteiger partial charge in [-0.15, -0.1) is 0 Å². The van der Waals surface area contributed by atoms with Crippen molar-refractivity contribution in [1.29, 1.82) is 0 Å². The highest BCUT2D eigenvalue weighted by molar-refractivity contribution is 6.02. The maximum atomic E-state index is 14.4. The van der Waals surface area contributed by atoms with E-state index in [4.69, 9.17) is 18.9 Å². The molecule has 4 atom stereocenters. The van der Waals surface area contributed by atoms with Crippen LogP contribution in [0, 0.1) is 11.8 Å². The SMILES string of the molecule is C[C@@H]1CN([C@H](C)CO)C(=O)c2cc(NC(=O)Nc3ccc4c(c3)OCO4)ccc2O[C@@H](C)CCCCO[C@H]1CN(C)C(=O)C1CCCCC1. The number of benzene rings is 2. The molecule has 1 saturated carbocycles. The van der Waals surface area contributed by atoms with Crippen molar-refractivity contribution in [2.24, 2.45) is 11.8 Å². The van der Waals surface area contributed by atoms with Crippen molar-refractivity contribution < 1.29 is 38.4 Å². The number of anilines is 2. The van der Waals surface area contributed by atoms with E-state index in [9.17, 15) is 19.5 Å². The summed E-state index contributed by atoms with van der Waals surface area (Å²) in [6.07, 6.45) is 7.19. The number of ether oxygens (including phenoxy) is 4. The first kappa shape index (κ1) is 36.3. The van der Waals surface area contributed by atoms with E-state index in [-0.39, 0.29) is 61.4 Å². The van der Waals surface area contributed by atoms with Gasteiger partial charge in [0.05, 0.1) is 30.4 Å². The number of urea groups is 1. The Bertz CT molecular complexity index is 1450. The van der Waals surface area contributed by atoms with E-state index >= 15 is 0 Å². The highest BCUT2D eigenvalue weighted by Crippen LogP contribution is 2.34. The molecule has 12 heteroatoms. The van der Waals surface area contributed by atoms with E-state index in [1.165, 1.54) is 6.42 Å². The van der Waals surface area contributed by atoms with E-state index in [1.807, 2.05) is 20.9 Å². The fourth-order valence-corrected chi connectivity index (χ4v) is 6.75. The average Bonchev–Trinajstić information content (AvgIpc) is 3.57. The molecule has 268 valence electrons. The Balaban J connectivity index is 1.36. The second kappa shape index (κ2) is 17.1. The highest BCUT2D eigenvalue weighted by Gasteiger charge is 2.32. The Hall–Kier alpha value is -4.03. The average molecular weight is 681 g/mol. The minimum absolute atomic E-state index is 0.0555. The number of carbonyl (C=O) groups is 3. The second-order valence-electron chi connectivity index (χ2n) is 13.7. The van der Waals surface area contributed by atoms with Gasteiger partial charge in [0, 0.05) is 56.0 Å². The molecule has 0 spiro atoms. The predicted molar refractivity (Wildman–Crippen MR) is 186 cm³/mol. The predicted octanol–water partition coefficient (Wildman–Crippen LogP) is 5.89. The van der Waals surface area contributed by atoms with Gasteiger partial charge in [-0.3, -0.25) is 9.59 Å². The molecule has 2 aliphatic heterocycles. The lowest BCUT2D eigenvalue weighted by Gasteiger charge is -2.36. The van der Waals surface area contributed by atoms with Gasteiger partial charge in [0.15, 0.2) is 11.5 Å². The van der Waals surface area contributed by atoms with E-state index in [2.05, 4.69) is 10.6 Å². The van der Waals surface area contributed by atoms with E-state index in [1.54, 1.807) is 53.1 Å². The molecular weight excluding hydrogens is 628 g/mol. The fraction of sp³-hybridized carbons (Fsp3) is 0.595. The van der Waals surface area contributed by atoms with E-state index in [0.717, 1.165) is 44.9 Å². The summed E-state index contributed by atoms with van der Waals surface area (Å²) in [7, 11) is 1.85. The van der Waals surface area contributed by atoms with Gasteiger partial charge in [0.2, 0.25) is 12.7 Å². The van der Waals surface area contributed by atoms with Gasteiger partial charge in [-0.2, -0.15) is 0 Å². The number of carbonyl (C=O) groups excluding carboxylic acids is 3. The van der Waals surface area contributed by atoms with Crippen LogP contribution in [0.4, 0.5) is 16.2 Å². The van der Waals surface area contributed by atoms with Crippen LogP contribution in [0.1, 0.15) is 82.5 Å². The van der Waals surface area contributed by atoms with E-state index < -0.39 is 12.1 Å². The molecule has 2 heterocycles. The molecule has 3 aliphatic rings. The Morgan fingerprint density at radius 3 is 2.35 bits per heavy atom. The molecule has 0 bridgehead atoms. The number of fused-ring (bicyclic) bond motifs is 2. The van der Waals surface area contributed by atoms with Crippen LogP contribution in [0.5, 0.6) is 17.2 Å². The van der Waals surface area contributed by atoms with Crippen LogP contribution in [0.25, 0.3) is 0 Å². The summed E-state index contributed by atoms with van der Waals surface area (Å²) in [5, 5.41) is 15.9. The van der Waals surface area contributed by atoms with Crippen LogP contribution >= 0.6 is 0 Å². The molecule has 5 rings (SSSR count). The second-order valence-corrected chi connectivity index (χ2v) is 13.7. The Morgan fingerprint density at radius 2 is 1.61 bits per heavy atom. The first-order chi connectivity index (χ1) is 23.6. The summed E-state index contributed by atoms with van der Waals surface area (Å²) >= 11 is 0. The Kier molecular flexibility index (Phi) is 12.6. The summed E-state index contributed by atoms with van der Waals surface area (Å²) < 4.78 is 23.5. The third-order valence-corrected chi connectivity index (χ3v) is 9.72. The van der Waals surface area contributed by atoms with Gasteiger partial charge in [-0.1, -0.05) is 26.2 Å². The van der Waals surface area contributed by atoms with Crippen LogP contribution in [-0.2, 0) is 9.53 Å². The minimum atomic E-state index is -0.513. The molecule has 0 radical (unpaired) electrons. The zero-order chi connectivity index (χ0) is 34.9. The molecule has 4 amide bonds. The zero-order valence-electron chi connectivity index (χ0n) is 29.2. The first-order valence-corrected chi connectivity index (χ1v) is 17.7. The molecule has 12 nitrogen and oxygen atoms in total. The van der Waals surface area contributed by atoms with Crippen molar-refractivity contribution >= 4 is 29.2 Å². The van der Waals surface area contributed by atoms with Crippen LogP contribution in [0.3, 0.4) is 0 Å². The molecule has 1 fully saturated rings. The summed E-state index contributed by atoms with van der Waals surface area (Å²) in [4.78, 5) is 44.2. The van der Waals surface area contributed by atoms with Gasteiger partial charge in [0.25, 0.3) is 5.91 Å². The molecule has 0 unspecified atom stereocenters. The molecule has 1 aliphatic carbocycles. The lowest BCUT2D eigenvalue weighted by Crippen LogP contribution is -2.48. The maximum absolute atomic E-state index is 14.4. The molecule has 49 heavy (non-hydrogen) atoms. The van der Waals surface area contributed by atoms with Crippen LogP contribution in [0.2, 0.25) is 0 Å². The summed E-state index contributed by atoms with van der Waals surface area (Å²) in [5.74, 6) is 1.29.